The van der Waals surface area contributed by atoms with Gasteiger partial charge in [-0.25, -0.2) is 4.79 Å². The number of carbonyl (C=O) groups is 1. The number of nitrogens with two attached hydrogens (primary N) is 1. The highest BCUT2D eigenvalue weighted by molar-refractivity contribution is 5.89. The summed E-state index contributed by atoms with van der Waals surface area (Å²) in [6.45, 7) is -0.0743. The summed E-state index contributed by atoms with van der Waals surface area (Å²) in [7, 11) is 0. The minimum absolute atomic E-state index is 0.0743. The highest BCUT2D eigenvalue weighted by Crippen LogP contribution is 2.17. The highest BCUT2D eigenvalue weighted by atomic mass is 16.4. The fourth-order valence-electron chi connectivity index (χ4n) is 1.19. The van der Waals surface area contributed by atoms with Crippen molar-refractivity contribution >= 4 is 5.97 Å². The fourth-order valence-corrected chi connectivity index (χ4v) is 1.19. The molecule has 0 aromatic carbocycles. The minimum atomic E-state index is -1.03. The Kier molecular flexibility index (Phi) is 3.55. The molecule has 0 amide bonds. The monoisotopic (exact) mass is 196 g/mol. The molecule has 5 nitrogen and oxygen atoms in total. The highest BCUT2D eigenvalue weighted by Gasteiger charge is 2.15. The van der Waals surface area contributed by atoms with E-state index in [2.05, 4.69) is 4.98 Å². The molecule has 0 fully saturated rings. The number of hydrogen-bond donors (Lipinski definition) is 3. The molecule has 1 aromatic rings. The SMILES string of the molecule is N[C@@H](CCO)c1cnccc1C(=O)O. The lowest BCUT2D eigenvalue weighted by atomic mass is 10.0. The Morgan fingerprint density at radius 3 is 2.93 bits per heavy atom. The minimum Gasteiger partial charge on any atom is -0.478 e. The zero-order valence-corrected chi connectivity index (χ0v) is 7.55. The Morgan fingerprint density at radius 2 is 2.36 bits per heavy atom. The van der Waals surface area contributed by atoms with Crippen molar-refractivity contribution in [3.8, 4) is 0 Å². The number of aliphatic hydroxyl groups is 1. The van der Waals surface area contributed by atoms with Crippen LogP contribution in [-0.4, -0.2) is 27.8 Å². The van der Waals surface area contributed by atoms with Gasteiger partial charge in [-0.15, -0.1) is 0 Å². The molecule has 0 aliphatic heterocycles. The van der Waals surface area contributed by atoms with E-state index in [-0.39, 0.29) is 12.2 Å². The molecule has 14 heavy (non-hydrogen) atoms. The number of carboxylic acid groups (broad SMARTS) is 1. The van der Waals surface area contributed by atoms with Crippen molar-refractivity contribution in [2.45, 2.75) is 12.5 Å². The molecular weight excluding hydrogens is 184 g/mol. The van der Waals surface area contributed by atoms with Gasteiger partial charge in [0, 0.05) is 30.6 Å². The summed E-state index contributed by atoms with van der Waals surface area (Å²) < 4.78 is 0. The van der Waals surface area contributed by atoms with Gasteiger partial charge in [0.25, 0.3) is 0 Å². The number of nitrogens with zero attached hydrogens (tertiary/aromatic N) is 1. The third-order valence-corrected chi connectivity index (χ3v) is 1.92. The summed E-state index contributed by atoms with van der Waals surface area (Å²) in [5.41, 5.74) is 6.27. The lowest BCUT2D eigenvalue weighted by Crippen LogP contribution is -2.16. The smallest absolute Gasteiger partial charge is 0.336 e. The zero-order chi connectivity index (χ0) is 10.6. The maximum absolute atomic E-state index is 10.8. The Bertz CT molecular complexity index is 328. The lowest BCUT2D eigenvalue weighted by Gasteiger charge is -2.12. The molecule has 0 unspecified atom stereocenters. The van der Waals surface area contributed by atoms with E-state index in [4.69, 9.17) is 15.9 Å². The number of pyridine rings is 1. The van der Waals surface area contributed by atoms with Crippen LogP contribution in [0.25, 0.3) is 0 Å². The van der Waals surface area contributed by atoms with Crippen molar-refractivity contribution in [3.63, 3.8) is 0 Å². The predicted octanol–water partition coefficient (Wildman–Crippen LogP) is 0.162. The van der Waals surface area contributed by atoms with Crippen LogP contribution in [-0.2, 0) is 0 Å². The first-order valence-electron chi connectivity index (χ1n) is 4.20. The van der Waals surface area contributed by atoms with Crippen LogP contribution in [0.3, 0.4) is 0 Å². The fraction of sp³-hybridized carbons (Fsp3) is 0.333. The lowest BCUT2D eigenvalue weighted by molar-refractivity contribution is 0.0694. The van der Waals surface area contributed by atoms with E-state index in [0.29, 0.717) is 12.0 Å². The van der Waals surface area contributed by atoms with Crippen LogP contribution in [0.5, 0.6) is 0 Å². The second kappa shape index (κ2) is 4.69. The molecule has 1 rings (SSSR count). The van der Waals surface area contributed by atoms with E-state index in [1.54, 1.807) is 0 Å². The standard InChI is InChI=1S/C9H12N2O3/c10-8(2-4-12)7-5-11-3-1-6(7)9(13)14/h1,3,5,8,12H,2,4,10H2,(H,13,14)/t8-/m0/s1. The maximum Gasteiger partial charge on any atom is 0.336 e. The molecule has 1 aromatic heterocycles. The number of hydrogen-bond acceptors (Lipinski definition) is 4. The van der Waals surface area contributed by atoms with Crippen LogP contribution in [0, 0.1) is 0 Å². The summed E-state index contributed by atoms with van der Waals surface area (Å²) in [5.74, 6) is -1.03. The molecule has 0 spiro atoms. The van der Waals surface area contributed by atoms with Gasteiger partial charge in [0.1, 0.15) is 0 Å². The molecule has 5 heteroatoms. The van der Waals surface area contributed by atoms with E-state index >= 15 is 0 Å². The molecule has 0 bridgehead atoms. The molecule has 1 atom stereocenters. The quantitative estimate of drug-likeness (QED) is 0.637. The number of aromatic nitrogens is 1. The van der Waals surface area contributed by atoms with Gasteiger partial charge in [0.05, 0.1) is 5.56 Å². The van der Waals surface area contributed by atoms with Crippen LogP contribution >= 0.6 is 0 Å². The third kappa shape index (κ3) is 2.27. The molecule has 0 saturated carbocycles. The van der Waals surface area contributed by atoms with E-state index in [0.717, 1.165) is 0 Å². The average Bonchev–Trinajstić information content (AvgIpc) is 2.18. The van der Waals surface area contributed by atoms with Gasteiger partial charge in [-0.1, -0.05) is 0 Å². The van der Waals surface area contributed by atoms with E-state index in [1.807, 2.05) is 0 Å². The molecule has 0 aliphatic rings. The van der Waals surface area contributed by atoms with Crippen LogP contribution < -0.4 is 5.73 Å². The van der Waals surface area contributed by atoms with Gasteiger partial charge in [-0.3, -0.25) is 4.98 Å². The number of aliphatic hydroxyl groups excluding tert-OH is 1. The van der Waals surface area contributed by atoms with Crippen molar-refractivity contribution in [1.29, 1.82) is 0 Å². The van der Waals surface area contributed by atoms with Crippen molar-refractivity contribution in [2.75, 3.05) is 6.61 Å². The molecule has 0 aliphatic carbocycles. The summed E-state index contributed by atoms with van der Waals surface area (Å²) in [6.07, 6.45) is 3.15. The zero-order valence-electron chi connectivity index (χ0n) is 7.55. The average molecular weight is 196 g/mol. The molecule has 4 N–H and O–H groups in total. The maximum atomic E-state index is 10.8. The van der Waals surface area contributed by atoms with E-state index < -0.39 is 12.0 Å². The third-order valence-electron chi connectivity index (χ3n) is 1.92. The van der Waals surface area contributed by atoms with Crippen molar-refractivity contribution < 1.29 is 15.0 Å². The van der Waals surface area contributed by atoms with Crippen LogP contribution in [0.2, 0.25) is 0 Å². The molecule has 0 saturated heterocycles. The Morgan fingerprint density at radius 1 is 1.64 bits per heavy atom. The Labute approximate surface area is 81.2 Å². The Balaban J connectivity index is 3.00. The molecule has 1 heterocycles. The molecule has 0 radical (unpaired) electrons. The van der Waals surface area contributed by atoms with Crippen molar-refractivity contribution in [2.24, 2.45) is 5.73 Å². The summed E-state index contributed by atoms with van der Waals surface area (Å²) in [4.78, 5) is 14.6. The number of carboxylic acids is 1. The predicted molar refractivity (Wildman–Crippen MR) is 49.8 cm³/mol. The first-order valence-corrected chi connectivity index (χ1v) is 4.20. The van der Waals surface area contributed by atoms with Gasteiger partial charge < -0.3 is 15.9 Å². The largest absolute Gasteiger partial charge is 0.478 e. The van der Waals surface area contributed by atoms with Gasteiger partial charge in [-0.05, 0) is 12.5 Å². The second-order valence-electron chi connectivity index (χ2n) is 2.89. The summed E-state index contributed by atoms with van der Waals surface area (Å²) in [6, 6.07) is 0.911. The Hall–Kier alpha value is -1.46. The molecular formula is C9H12N2O3. The normalized spacial score (nSPS) is 12.4. The van der Waals surface area contributed by atoms with Crippen LogP contribution in [0.4, 0.5) is 0 Å². The van der Waals surface area contributed by atoms with Crippen LogP contribution in [0.1, 0.15) is 28.4 Å². The topological polar surface area (TPSA) is 96.4 Å². The van der Waals surface area contributed by atoms with Gasteiger partial charge in [-0.2, -0.15) is 0 Å². The van der Waals surface area contributed by atoms with Crippen molar-refractivity contribution in [3.05, 3.63) is 29.6 Å². The van der Waals surface area contributed by atoms with Gasteiger partial charge >= 0.3 is 5.97 Å². The number of aromatic carboxylic acids is 1. The van der Waals surface area contributed by atoms with E-state index in [9.17, 15) is 4.79 Å². The summed E-state index contributed by atoms with van der Waals surface area (Å²) in [5, 5.41) is 17.5. The first-order chi connectivity index (χ1) is 6.66. The first kappa shape index (κ1) is 10.6. The second-order valence-corrected chi connectivity index (χ2v) is 2.89. The summed E-state index contributed by atoms with van der Waals surface area (Å²) >= 11 is 0. The van der Waals surface area contributed by atoms with Crippen molar-refractivity contribution in [1.82, 2.24) is 4.98 Å². The number of rotatable bonds is 4. The van der Waals surface area contributed by atoms with Crippen LogP contribution in [0.15, 0.2) is 18.5 Å². The van der Waals surface area contributed by atoms with E-state index in [1.165, 1.54) is 18.5 Å². The van der Waals surface area contributed by atoms with Gasteiger partial charge in [0.2, 0.25) is 0 Å². The molecule has 76 valence electrons. The van der Waals surface area contributed by atoms with Gasteiger partial charge in [0.15, 0.2) is 0 Å².